The summed E-state index contributed by atoms with van der Waals surface area (Å²) in [5, 5.41) is 6.92. The summed E-state index contributed by atoms with van der Waals surface area (Å²) in [5.74, 6) is -0.0111. The van der Waals surface area contributed by atoms with E-state index in [1.54, 1.807) is 6.20 Å². The zero-order valence-corrected chi connectivity index (χ0v) is 8.65. The maximum Gasteiger partial charge on any atom is 0.240 e. The Hall–Kier alpha value is -1.36. The summed E-state index contributed by atoms with van der Waals surface area (Å²) < 4.78 is 1.85. The average Bonchev–Trinajstić information content (AvgIpc) is 2.80. The van der Waals surface area contributed by atoms with Gasteiger partial charge in [-0.05, 0) is 25.3 Å². The summed E-state index contributed by atoms with van der Waals surface area (Å²) in [7, 11) is 0. The highest BCUT2D eigenvalue weighted by Crippen LogP contribution is 2.31. The number of hydrogen-bond donors (Lipinski definition) is 2. The van der Waals surface area contributed by atoms with Crippen LogP contribution in [0.15, 0.2) is 18.5 Å². The molecule has 0 unspecified atom stereocenters. The summed E-state index contributed by atoms with van der Waals surface area (Å²) in [6.45, 7) is 1.49. The van der Waals surface area contributed by atoms with Gasteiger partial charge in [0.15, 0.2) is 0 Å². The molecule has 0 radical (unpaired) electrons. The highest BCUT2D eigenvalue weighted by atomic mass is 16.2. The van der Waals surface area contributed by atoms with Gasteiger partial charge in [-0.15, -0.1) is 0 Å². The Balaban J connectivity index is 1.61. The van der Waals surface area contributed by atoms with E-state index in [-0.39, 0.29) is 5.91 Å². The fraction of sp³-hybridized carbons (Fsp3) is 0.600. The number of aryl methyl sites for hydroxylation is 1. The molecule has 0 bridgehead atoms. The lowest BCUT2D eigenvalue weighted by molar-refractivity contribution is -0.123. The van der Waals surface area contributed by atoms with Crippen LogP contribution in [0, 0.1) is 0 Å². The number of amides is 1. The molecule has 82 valence electrons. The van der Waals surface area contributed by atoms with Crippen LogP contribution in [0.1, 0.15) is 19.3 Å². The Labute approximate surface area is 88.6 Å². The molecule has 1 saturated carbocycles. The molecule has 0 aliphatic heterocycles. The van der Waals surface area contributed by atoms with E-state index >= 15 is 0 Å². The molecule has 1 aliphatic carbocycles. The zero-order valence-electron chi connectivity index (χ0n) is 8.65. The molecule has 15 heavy (non-hydrogen) atoms. The topological polar surface area (TPSA) is 72.9 Å². The van der Waals surface area contributed by atoms with Crippen LogP contribution in [0.2, 0.25) is 0 Å². The molecule has 0 atom stereocenters. The molecule has 1 aromatic heterocycles. The van der Waals surface area contributed by atoms with Crippen LogP contribution < -0.4 is 11.1 Å². The van der Waals surface area contributed by atoms with Gasteiger partial charge < -0.3 is 11.1 Å². The van der Waals surface area contributed by atoms with Crippen molar-refractivity contribution in [2.24, 2.45) is 5.73 Å². The minimum Gasteiger partial charge on any atom is -0.354 e. The molecule has 1 aromatic rings. The highest BCUT2D eigenvalue weighted by molar-refractivity contribution is 5.88. The van der Waals surface area contributed by atoms with Crippen LogP contribution in [0.25, 0.3) is 0 Å². The van der Waals surface area contributed by atoms with Gasteiger partial charge in [-0.25, -0.2) is 0 Å². The molecule has 0 saturated heterocycles. The van der Waals surface area contributed by atoms with Crippen molar-refractivity contribution in [3.05, 3.63) is 18.5 Å². The van der Waals surface area contributed by atoms with Gasteiger partial charge in [0.05, 0.1) is 5.54 Å². The fourth-order valence-corrected chi connectivity index (χ4v) is 1.41. The molecular weight excluding hydrogens is 192 g/mol. The van der Waals surface area contributed by atoms with Crippen molar-refractivity contribution >= 4 is 5.91 Å². The first-order chi connectivity index (χ1) is 7.21. The number of nitrogens with one attached hydrogen (secondary N) is 1. The van der Waals surface area contributed by atoms with E-state index in [4.69, 9.17) is 5.73 Å². The van der Waals surface area contributed by atoms with E-state index < -0.39 is 5.54 Å². The van der Waals surface area contributed by atoms with E-state index in [1.165, 1.54) is 0 Å². The number of carbonyl (C=O) groups excluding carboxylic acids is 1. The van der Waals surface area contributed by atoms with Crippen molar-refractivity contribution in [3.63, 3.8) is 0 Å². The number of aromatic nitrogens is 2. The van der Waals surface area contributed by atoms with Gasteiger partial charge in [-0.1, -0.05) is 0 Å². The molecule has 1 heterocycles. The van der Waals surface area contributed by atoms with Crippen molar-refractivity contribution in [1.29, 1.82) is 0 Å². The van der Waals surface area contributed by atoms with Crippen LogP contribution >= 0.6 is 0 Å². The Kier molecular flexibility index (Phi) is 2.73. The van der Waals surface area contributed by atoms with E-state index in [2.05, 4.69) is 10.4 Å². The molecule has 0 aromatic carbocycles. The number of nitrogens with zero attached hydrogens (tertiary/aromatic N) is 2. The normalized spacial score (nSPS) is 17.4. The molecule has 1 aliphatic rings. The van der Waals surface area contributed by atoms with Crippen LogP contribution in [-0.2, 0) is 11.3 Å². The third-order valence-corrected chi connectivity index (χ3v) is 2.65. The van der Waals surface area contributed by atoms with E-state index in [0.717, 1.165) is 25.8 Å². The standard InChI is InChI=1S/C10H16N4O/c11-10(3-4-10)9(15)12-5-1-7-14-8-2-6-13-14/h2,6,8H,1,3-5,7,11H2,(H,12,15). The quantitative estimate of drug-likeness (QED) is 0.663. The SMILES string of the molecule is NC1(C(=O)NCCCn2cccn2)CC1. The zero-order chi connectivity index (χ0) is 10.7. The van der Waals surface area contributed by atoms with Crippen molar-refractivity contribution in [1.82, 2.24) is 15.1 Å². The molecule has 1 amide bonds. The second kappa shape index (κ2) is 4.02. The average molecular weight is 208 g/mol. The second-order valence-electron chi connectivity index (χ2n) is 4.03. The smallest absolute Gasteiger partial charge is 0.240 e. The summed E-state index contributed by atoms with van der Waals surface area (Å²) in [6, 6.07) is 1.89. The Bertz CT molecular complexity index is 329. The van der Waals surface area contributed by atoms with Crippen molar-refractivity contribution in [2.45, 2.75) is 31.3 Å². The molecule has 1 fully saturated rings. The van der Waals surface area contributed by atoms with Crippen LogP contribution in [0.3, 0.4) is 0 Å². The molecule has 2 rings (SSSR count). The van der Waals surface area contributed by atoms with Gasteiger partial charge in [0.25, 0.3) is 0 Å². The molecule has 3 N–H and O–H groups in total. The Morgan fingerprint density at radius 1 is 1.60 bits per heavy atom. The first kappa shape index (κ1) is 10.2. The van der Waals surface area contributed by atoms with Crippen LogP contribution in [0.5, 0.6) is 0 Å². The summed E-state index contributed by atoms with van der Waals surface area (Å²) in [5.41, 5.74) is 5.19. The second-order valence-corrected chi connectivity index (χ2v) is 4.03. The molecular formula is C10H16N4O. The van der Waals surface area contributed by atoms with Crippen LogP contribution in [0.4, 0.5) is 0 Å². The van der Waals surface area contributed by atoms with Crippen LogP contribution in [-0.4, -0.2) is 27.8 Å². The largest absolute Gasteiger partial charge is 0.354 e. The predicted molar refractivity (Wildman–Crippen MR) is 56.0 cm³/mol. The van der Waals surface area contributed by atoms with E-state index in [1.807, 2.05) is 16.9 Å². The van der Waals surface area contributed by atoms with Crippen molar-refractivity contribution in [3.8, 4) is 0 Å². The number of nitrogens with two attached hydrogens (primary N) is 1. The van der Waals surface area contributed by atoms with Gasteiger partial charge in [0.2, 0.25) is 5.91 Å². The van der Waals surface area contributed by atoms with Crippen molar-refractivity contribution in [2.75, 3.05) is 6.54 Å². The molecule has 0 spiro atoms. The first-order valence-electron chi connectivity index (χ1n) is 5.25. The first-order valence-corrected chi connectivity index (χ1v) is 5.25. The lowest BCUT2D eigenvalue weighted by Gasteiger charge is -2.09. The summed E-state index contributed by atoms with van der Waals surface area (Å²) in [4.78, 5) is 11.4. The lowest BCUT2D eigenvalue weighted by atomic mass is 10.2. The maximum absolute atomic E-state index is 11.4. The lowest BCUT2D eigenvalue weighted by Crippen LogP contribution is -2.43. The van der Waals surface area contributed by atoms with Gasteiger partial charge in [-0.2, -0.15) is 5.10 Å². The minimum absolute atomic E-state index is 0.0111. The van der Waals surface area contributed by atoms with Gasteiger partial charge in [0, 0.05) is 25.5 Å². The predicted octanol–water partition coefficient (Wildman–Crippen LogP) is -0.119. The number of carbonyl (C=O) groups is 1. The molecule has 5 heteroatoms. The summed E-state index contributed by atoms with van der Waals surface area (Å²) in [6.07, 6.45) is 6.17. The summed E-state index contributed by atoms with van der Waals surface area (Å²) >= 11 is 0. The number of hydrogen-bond acceptors (Lipinski definition) is 3. The van der Waals surface area contributed by atoms with Gasteiger partial charge in [0.1, 0.15) is 0 Å². The third-order valence-electron chi connectivity index (χ3n) is 2.65. The van der Waals surface area contributed by atoms with Crippen molar-refractivity contribution < 1.29 is 4.79 Å². The van der Waals surface area contributed by atoms with Gasteiger partial charge in [-0.3, -0.25) is 9.48 Å². The van der Waals surface area contributed by atoms with E-state index in [0.29, 0.717) is 6.54 Å². The monoisotopic (exact) mass is 208 g/mol. The highest BCUT2D eigenvalue weighted by Gasteiger charge is 2.45. The third kappa shape index (κ3) is 2.56. The van der Waals surface area contributed by atoms with Gasteiger partial charge >= 0.3 is 0 Å². The Morgan fingerprint density at radius 2 is 2.40 bits per heavy atom. The molecule has 5 nitrogen and oxygen atoms in total. The Morgan fingerprint density at radius 3 is 3.00 bits per heavy atom. The maximum atomic E-state index is 11.4. The number of rotatable bonds is 5. The fourth-order valence-electron chi connectivity index (χ4n) is 1.41. The van der Waals surface area contributed by atoms with E-state index in [9.17, 15) is 4.79 Å². The minimum atomic E-state index is -0.550.